The zero-order valence-electron chi connectivity index (χ0n) is 12.1. The van der Waals surface area contributed by atoms with Crippen LogP contribution in [0.15, 0.2) is 0 Å². The number of Topliss-reactive ketones (excluding diaryl/α,β-unsaturated/α-hetero) is 2. The van der Waals surface area contributed by atoms with Crippen molar-refractivity contribution in [1.82, 2.24) is 0 Å². The van der Waals surface area contributed by atoms with Crippen LogP contribution in [0, 0.1) is 35.5 Å². The molecule has 0 aromatic heterocycles. The second kappa shape index (κ2) is 5.14. The summed E-state index contributed by atoms with van der Waals surface area (Å²) in [6.07, 6.45) is 4.42. The molecule has 0 N–H and O–H groups in total. The molecule has 6 atom stereocenters. The molecule has 18 heavy (non-hydrogen) atoms. The van der Waals surface area contributed by atoms with Crippen molar-refractivity contribution in [2.45, 2.75) is 53.4 Å². The lowest BCUT2D eigenvalue weighted by Crippen LogP contribution is -2.41. The Morgan fingerprint density at radius 1 is 0.722 bits per heavy atom. The van der Waals surface area contributed by atoms with E-state index in [0.717, 1.165) is 25.7 Å². The lowest BCUT2D eigenvalue weighted by Gasteiger charge is -2.46. The van der Waals surface area contributed by atoms with Crippen LogP contribution >= 0.6 is 0 Å². The molecule has 2 fully saturated rings. The van der Waals surface area contributed by atoms with Gasteiger partial charge in [-0.2, -0.15) is 0 Å². The van der Waals surface area contributed by atoms with Gasteiger partial charge in [0.05, 0.1) is 0 Å². The van der Waals surface area contributed by atoms with Crippen LogP contribution in [0.1, 0.15) is 53.4 Å². The third kappa shape index (κ3) is 2.53. The molecule has 2 saturated carbocycles. The van der Waals surface area contributed by atoms with E-state index in [0.29, 0.717) is 35.2 Å². The predicted octanol–water partition coefficient (Wildman–Crippen LogP) is 3.49. The first-order valence-electron chi connectivity index (χ1n) is 7.41. The molecule has 0 saturated heterocycles. The van der Waals surface area contributed by atoms with E-state index in [1.165, 1.54) is 0 Å². The van der Waals surface area contributed by atoms with Crippen LogP contribution in [0.4, 0.5) is 0 Å². The smallest absolute Gasteiger partial charge is 0.133 e. The number of hydrogen-bond donors (Lipinski definition) is 0. The van der Waals surface area contributed by atoms with Gasteiger partial charge in [0.1, 0.15) is 11.6 Å². The number of ketones is 2. The van der Waals surface area contributed by atoms with Gasteiger partial charge >= 0.3 is 0 Å². The average molecular weight is 250 g/mol. The Bertz CT molecular complexity index is 313. The minimum absolute atomic E-state index is 0.271. The maximum Gasteiger partial charge on any atom is 0.133 e. The van der Waals surface area contributed by atoms with E-state index in [-0.39, 0.29) is 11.8 Å². The van der Waals surface area contributed by atoms with Crippen LogP contribution < -0.4 is 0 Å². The molecular formula is C16H26O2. The van der Waals surface area contributed by atoms with Crippen molar-refractivity contribution in [3.05, 3.63) is 0 Å². The van der Waals surface area contributed by atoms with Crippen molar-refractivity contribution in [1.29, 1.82) is 0 Å². The molecular weight excluding hydrogens is 224 g/mol. The Kier molecular flexibility index (Phi) is 3.93. The van der Waals surface area contributed by atoms with E-state index in [4.69, 9.17) is 0 Å². The summed E-state index contributed by atoms with van der Waals surface area (Å²) in [5.74, 6) is 3.64. The summed E-state index contributed by atoms with van der Waals surface area (Å²) in [6.45, 7) is 7.91. The van der Waals surface area contributed by atoms with Crippen molar-refractivity contribution in [2.24, 2.45) is 35.5 Å². The number of carbonyl (C=O) groups is 2. The van der Waals surface area contributed by atoms with Crippen molar-refractivity contribution >= 4 is 11.6 Å². The third-order valence-electron chi connectivity index (χ3n) is 5.55. The minimum atomic E-state index is 0.271. The van der Waals surface area contributed by atoms with E-state index in [9.17, 15) is 9.59 Å². The highest BCUT2D eigenvalue weighted by molar-refractivity contribution is 5.79. The highest BCUT2D eigenvalue weighted by Crippen LogP contribution is 2.49. The van der Waals surface area contributed by atoms with Gasteiger partial charge in [0.2, 0.25) is 0 Å². The zero-order chi connectivity index (χ0) is 13.4. The van der Waals surface area contributed by atoms with Gasteiger partial charge in [0.15, 0.2) is 0 Å². The Balaban J connectivity index is 2.08. The van der Waals surface area contributed by atoms with Gasteiger partial charge < -0.3 is 0 Å². The van der Waals surface area contributed by atoms with Crippen LogP contribution in [0.25, 0.3) is 0 Å². The molecule has 0 heterocycles. The SMILES string of the molecule is CC(=O)C1CC2CC(C)C(C(C)=O)CC2CC1C. The second-order valence-electron chi connectivity index (χ2n) is 6.85. The van der Waals surface area contributed by atoms with Gasteiger partial charge in [-0.3, -0.25) is 9.59 Å². The first-order valence-corrected chi connectivity index (χ1v) is 7.41. The molecule has 2 heteroatoms. The van der Waals surface area contributed by atoms with Gasteiger partial charge in [-0.15, -0.1) is 0 Å². The first-order chi connectivity index (χ1) is 8.40. The highest BCUT2D eigenvalue weighted by Gasteiger charge is 2.43. The van der Waals surface area contributed by atoms with Gasteiger partial charge in [0, 0.05) is 11.8 Å². The number of hydrogen-bond acceptors (Lipinski definition) is 2. The Morgan fingerprint density at radius 2 is 1.06 bits per heavy atom. The summed E-state index contributed by atoms with van der Waals surface area (Å²) >= 11 is 0. The molecule has 0 amide bonds. The summed E-state index contributed by atoms with van der Waals surface area (Å²) in [4.78, 5) is 23.4. The Morgan fingerprint density at radius 3 is 1.33 bits per heavy atom. The monoisotopic (exact) mass is 250 g/mol. The molecule has 0 aromatic rings. The van der Waals surface area contributed by atoms with E-state index in [2.05, 4.69) is 13.8 Å². The fourth-order valence-electron chi connectivity index (χ4n) is 4.50. The molecule has 0 aliphatic heterocycles. The molecule has 0 spiro atoms. The van der Waals surface area contributed by atoms with E-state index < -0.39 is 0 Å². The standard InChI is InChI=1S/C16H26O2/c1-9-5-13-8-16(12(4)18)10(2)6-14(13)7-15(9)11(3)17/h9-10,13-16H,5-8H2,1-4H3. The number of fused-ring (bicyclic) bond motifs is 1. The van der Waals surface area contributed by atoms with Crippen LogP contribution in [0.3, 0.4) is 0 Å². The third-order valence-corrected chi connectivity index (χ3v) is 5.55. The summed E-state index contributed by atoms with van der Waals surface area (Å²) in [5, 5.41) is 0. The Labute approximate surface area is 111 Å². The fraction of sp³-hybridized carbons (Fsp3) is 0.875. The van der Waals surface area contributed by atoms with E-state index >= 15 is 0 Å². The number of carbonyl (C=O) groups excluding carboxylic acids is 2. The van der Waals surface area contributed by atoms with Crippen LogP contribution in [0.5, 0.6) is 0 Å². The van der Waals surface area contributed by atoms with Crippen molar-refractivity contribution in [3.63, 3.8) is 0 Å². The van der Waals surface area contributed by atoms with Gasteiger partial charge in [-0.25, -0.2) is 0 Å². The van der Waals surface area contributed by atoms with E-state index in [1.54, 1.807) is 13.8 Å². The largest absolute Gasteiger partial charge is 0.300 e. The molecule has 2 rings (SSSR count). The highest BCUT2D eigenvalue weighted by atomic mass is 16.1. The fourth-order valence-corrected chi connectivity index (χ4v) is 4.50. The molecule has 0 bridgehead atoms. The Hall–Kier alpha value is -0.660. The topological polar surface area (TPSA) is 34.1 Å². The van der Waals surface area contributed by atoms with Crippen LogP contribution in [-0.4, -0.2) is 11.6 Å². The second-order valence-corrected chi connectivity index (χ2v) is 6.85. The van der Waals surface area contributed by atoms with E-state index in [1.807, 2.05) is 0 Å². The molecule has 102 valence electrons. The van der Waals surface area contributed by atoms with Gasteiger partial charge in [0.25, 0.3) is 0 Å². The maximum atomic E-state index is 11.7. The lowest BCUT2D eigenvalue weighted by molar-refractivity contribution is -0.129. The first kappa shape index (κ1) is 13.8. The summed E-state index contributed by atoms with van der Waals surface area (Å²) in [6, 6.07) is 0. The summed E-state index contributed by atoms with van der Waals surface area (Å²) in [5.41, 5.74) is 0. The molecule has 6 unspecified atom stereocenters. The summed E-state index contributed by atoms with van der Waals surface area (Å²) in [7, 11) is 0. The quantitative estimate of drug-likeness (QED) is 0.752. The maximum absolute atomic E-state index is 11.7. The van der Waals surface area contributed by atoms with Crippen LogP contribution in [-0.2, 0) is 9.59 Å². The molecule has 2 aliphatic carbocycles. The summed E-state index contributed by atoms with van der Waals surface area (Å²) < 4.78 is 0. The lowest BCUT2D eigenvalue weighted by atomic mass is 9.58. The van der Waals surface area contributed by atoms with Gasteiger partial charge in [-0.1, -0.05) is 13.8 Å². The minimum Gasteiger partial charge on any atom is -0.300 e. The molecule has 0 aromatic carbocycles. The number of rotatable bonds is 2. The van der Waals surface area contributed by atoms with Gasteiger partial charge in [-0.05, 0) is 63.2 Å². The van der Waals surface area contributed by atoms with Crippen molar-refractivity contribution in [2.75, 3.05) is 0 Å². The normalized spacial score (nSPS) is 44.2. The van der Waals surface area contributed by atoms with Crippen LogP contribution in [0.2, 0.25) is 0 Å². The molecule has 0 radical (unpaired) electrons. The molecule has 2 aliphatic rings. The van der Waals surface area contributed by atoms with Crippen molar-refractivity contribution in [3.8, 4) is 0 Å². The average Bonchev–Trinajstić information content (AvgIpc) is 2.27. The predicted molar refractivity (Wildman–Crippen MR) is 72.1 cm³/mol. The van der Waals surface area contributed by atoms with Crippen molar-refractivity contribution < 1.29 is 9.59 Å². The molecule has 2 nitrogen and oxygen atoms in total. The zero-order valence-corrected chi connectivity index (χ0v) is 12.1.